The summed E-state index contributed by atoms with van der Waals surface area (Å²) < 4.78 is 10.4. The Labute approximate surface area is 112 Å². The Balaban J connectivity index is 2.24. The number of carboxylic acid groups (broad SMARTS) is 1. The molecule has 0 aliphatic carbocycles. The average molecular weight is 274 g/mol. The largest absolute Gasteiger partial charge is 0.481 e. The quantitative estimate of drug-likeness (QED) is 0.622. The number of hydrogen-bond donors (Lipinski definition) is 3. The zero-order valence-corrected chi connectivity index (χ0v) is 11.3. The van der Waals surface area contributed by atoms with Crippen LogP contribution in [-0.2, 0) is 14.3 Å². The van der Waals surface area contributed by atoms with Gasteiger partial charge in [-0.1, -0.05) is 0 Å². The van der Waals surface area contributed by atoms with E-state index in [1.54, 1.807) is 0 Å². The second kappa shape index (κ2) is 7.96. The summed E-state index contributed by atoms with van der Waals surface area (Å²) in [7, 11) is 1.42. The van der Waals surface area contributed by atoms with Crippen molar-refractivity contribution in [1.29, 1.82) is 0 Å². The van der Waals surface area contributed by atoms with Crippen molar-refractivity contribution in [2.45, 2.75) is 44.4 Å². The van der Waals surface area contributed by atoms with E-state index < -0.39 is 12.1 Å². The molecule has 2 amide bonds. The second-order valence-corrected chi connectivity index (χ2v) is 4.65. The molecule has 1 fully saturated rings. The molecule has 1 saturated heterocycles. The number of amides is 2. The molecule has 0 aromatic heterocycles. The highest BCUT2D eigenvalue weighted by Crippen LogP contribution is 2.15. The molecule has 3 N–H and O–H groups in total. The van der Waals surface area contributed by atoms with Crippen LogP contribution in [0.3, 0.4) is 0 Å². The van der Waals surface area contributed by atoms with E-state index in [9.17, 15) is 9.59 Å². The molecule has 7 heteroatoms. The smallest absolute Gasteiger partial charge is 0.315 e. The Kier molecular flexibility index (Phi) is 6.58. The van der Waals surface area contributed by atoms with Gasteiger partial charge in [0.15, 0.2) is 0 Å². The molecule has 0 saturated carbocycles. The van der Waals surface area contributed by atoms with Crippen LogP contribution in [0, 0.1) is 0 Å². The van der Waals surface area contributed by atoms with Crippen LogP contribution in [0.25, 0.3) is 0 Å². The molecule has 0 radical (unpaired) electrons. The predicted octanol–water partition coefficient (Wildman–Crippen LogP) is 0.343. The van der Waals surface area contributed by atoms with Gasteiger partial charge in [0.25, 0.3) is 0 Å². The van der Waals surface area contributed by atoms with Crippen molar-refractivity contribution in [3.63, 3.8) is 0 Å². The normalized spacial score (nSPS) is 21.7. The fraction of sp³-hybridized carbons (Fsp3) is 0.833. The first kappa shape index (κ1) is 15.7. The minimum atomic E-state index is -0.957. The van der Waals surface area contributed by atoms with Crippen LogP contribution in [0.2, 0.25) is 0 Å². The Morgan fingerprint density at radius 1 is 1.53 bits per heavy atom. The average Bonchev–Trinajstić information content (AvgIpc) is 2.87. The number of carbonyl (C=O) groups is 2. The number of hydrogen-bond acceptors (Lipinski definition) is 4. The van der Waals surface area contributed by atoms with Crippen molar-refractivity contribution in [3.8, 4) is 0 Å². The molecule has 19 heavy (non-hydrogen) atoms. The summed E-state index contributed by atoms with van der Waals surface area (Å²) >= 11 is 0. The highest BCUT2D eigenvalue weighted by molar-refractivity contribution is 5.74. The first-order valence-corrected chi connectivity index (χ1v) is 6.43. The van der Waals surface area contributed by atoms with Gasteiger partial charge in [0.05, 0.1) is 24.7 Å². The zero-order valence-electron chi connectivity index (χ0n) is 11.3. The maximum Gasteiger partial charge on any atom is 0.315 e. The second-order valence-electron chi connectivity index (χ2n) is 4.65. The number of ether oxygens (including phenoxy) is 2. The van der Waals surface area contributed by atoms with Gasteiger partial charge in [0.1, 0.15) is 0 Å². The molecule has 7 nitrogen and oxygen atoms in total. The van der Waals surface area contributed by atoms with Crippen molar-refractivity contribution in [2.24, 2.45) is 0 Å². The van der Waals surface area contributed by atoms with Gasteiger partial charge in [0, 0.05) is 20.3 Å². The van der Waals surface area contributed by atoms with Gasteiger partial charge in [-0.3, -0.25) is 4.79 Å². The molecule has 1 rings (SSSR count). The molecule has 0 aromatic carbocycles. The first-order chi connectivity index (χ1) is 9.02. The van der Waals surface area contributed by atoms with Crippen molar-refractivity contribution < 1.29 is 24.2 Å². The number of aliphatic carboxylic acids is 1. The lowest BCUT2D eigenvalue weighted by Gasteiger charge is -2.21. The first-order valence-electron chi connectivity index (χ1n) is 6.43. The molecule has 0 aromatic rings. The van der Waals surface area contributed by atoms with Crippen LogP contribution in [0.5, 0.6) is 0 Å². The van der Waals surface area contributed by atoms with Crippen LogP contribution in [0.4, 0.5) is 4.79 Å². The number of methoxy groups -OCH3 is 1. The van der Waals surface area contributed by atoms with E-state index in [1.807, 2.05) is 6.92 Å². The Hall–Kier alpha value is -1.34. The lowest BCUT2D eigenvalue weighted by molar-refractivity contribution is -0.139. The summed E-state index contributed by atoms with van der Waals surface area (Å²) in [5, 5.41) is 14.0. The van der Waals surface area contributed by atoms with Crippen molar-refractivity contribution in [3.05, 3.63) is 0 Å². The minimum absolute atomic E-state index is 0.0583. The highest BCUT2D eigenvalue weighted by Gasteiger charge is 2.23. The van der Waals surface area contributed by atoms with Gasteiger partial charge in [-0.15, -0.1) is 0 Å². The van der Waals surface area contributed by atoms with E-state index in [0.29, 0.717) is 0 Å². The minimum Gasteiger partial charge on any atom is -0.481 e. The molecule has 3 atom stereocenters. The highest BCUT2D eigenvalue weighted by atomic mass is 16.5. The standard InChI is InChI=1S/C12H22N2O5/c1-8(10-4-3-5-19-10)14-12(17)13-7-9(18-2)6-11(15)16/h8-10H,3-7H2,1-2H3,(H,15,16)(H2,13,14,17). The molecular formula is C12H22N2O5. The van der Waals surface area contributed by atoms with Crippen LogP contribution >= 0.6 is 0 Å². The van der Waals surface area contributed by atoms with Gasteiger partial charge in [-0.25, -0.2) is 4.79 Å². The lowest BCUT2D eigenvalue weighted by Crippen LogP contribution is -2.47. The third-order valence-electron chi connectivity index (χ3n) is 3.11. The SMILES string of the molecule is COC(CNC(=O)NC(C)C1CCCO1)CC(=O)O. The Morgan fingerprint density at radius 2 is 2.26 bits per heavy atom. The van der Waals surface area contributed by atoms with Crippen molar-refractivity contribution in [1.82, 2.24) is 10.6 Å². The lowest BCUT2D eigenvalue weighted by atomic mass is 10.1. The summed E-state index contributed by atoms with van der Waals surface area (Å²) in [5.74, 6) is -0.957. The molecule has 3 unspecified atom stereocenters. The van der Waals surface area contributed by atoms with E-state index >= 15 is 0 Å². The van der Waals surface area contributed by atoms with Gasteiger partial charge < -0.3 is 25.2 Å². The summed E-state index contributed by atoms with van der Waals surface area (Å²) in [6, 6.07) is -0.404. The number of urea groups is 1. The van der Waals surface area contributed by atoms with E-state index in [4.69, 9.17) is 14.6 Å². The molecule has 0 spiro atoms. The Bertz CT molecular complexity index is 304. The topological polar surface area (TPSA) is 96.9 Å². The molecular weight excluding hydrogens is 252 g/mol. The monoisotopic (exact) mass is 274 g/mol. The van der Waals surface area contributed by atoms with Gasteiger partial charge in [-0.05, 0) is 19.8 Å². The number of rotatable bonds is 7. The molecule has 0 bridgehead atoms. The predicted molar refractivity (Wildman–Crippen MR) is 68.0 cm³/mol. The molecule has 1 aliphatic heterocycles. The van der Waals surface area contributed by atoms with E-state index in [0.717, 1.165) is 19.4 Å². The Morgan fingerprint density at radius 3 is 2.79 bits per heavy atom. The maximum absolute atomic E-state index is 11.6. The van der Waals surface area contributed by atoms with Crippen LogP contribution in [0.15, 0.2) is 0 Å². The fourth-order valence-corrected chi connectivity index (χ4v) is 1.99. The number of carboxylic acids is 1. The third-order valence-corrected chi connectivity index (χ3v) is 3.11. The molecule has 110 valence electrons. The van der Waals surface area contributed by atoms with E-state index in [-0.39, 0.29) is 31.1 Å². The summed E-state index contributed by atoms with van der Waals surface area (Å²) in [5.41, 5.74) is 0. The number of carbonyl (C=O) groups excluding carboxylic acids is 1. The van der Waals surface area contributed by atoms with Crippen molar-refractivity contribution >= 4 is 12.0 Å². The van der Waals surface area contributed by atoms with Gasteiger partial charge in [0.2, 0.25) is 0 Å². The van der Waals surface area contributed by atoms with Crippen LogP contribution in [0.1, 0.15) is 26.2 Å². The van der Waals surface area contributed by atoms with E-state index in [2.05, 4.69) is 10.6 Å². The van der Waals surface area contributed by atoms with E-state index in [1.165, 1.54) is 7.11 Å². The number of nitrogens with one attached hydrogen (secondary N) is 2. The fourth-order valence-electron chi connectivity index (χ4n) is 1.99. The van der Waals surface area contributed by atoms with Crippen molar-refractivity contribution in [2.75, 3.05) is 20.3 Å². The molecule has 1 heterocycles. The van der Waals surface area contributed by atoms with Gasteiger partial charge >= 0.3 is 12.0 Å². The maximum atomic E-state index is 11.6. The summed E-state index contributed by atoms with van der Waals surface area (Å²) in [4.78, 5) is 22.2. The van der Waals surface area contributed by atoms with Crippen LogP contribution < -0.4 is 10.6 Å². The van der Waals surface area contributed by atoms with Gasteiger partial charge in [-0.2, -0.15) is 0 Å². The summed E-state index contributed by atoms with van der Waals surface area (Å²) in [6.45, 7) is 2.79. The molecule has 1 aliphatic rings. The third kappa shape index (κ3) is 5.89. The summed E-state index contributed by atoms with van der Waals surface area (Å²) in [6.07, 6.45) is 1.35. The van der Waals surface area contributed by atoms with Crippen LogP contribution in [-0.4, -0.2) is 55.6 Å². The zero-order chi connectivity index (χ0) is 14.3.